The third-order valence-electron chi connectivity index (χ3n) is 5.79. The minimum absolute atomic E-state index is 0.0340. The van der Waals surface area contributed by atoms with Crippen LogP contribution in [-0.2, 0) is 10.0 Å². The fourth-order valence-electron chi connectivity index (χ4n) is 4.08. The van der Waals surface area contributed by atoms with Gasteiger partial charge in [0.15, 0.2) is 0 Å². The molecule has 0 aliphatic heterocycles. The molecule has 3 aromatic heterocycles. The van der Waals surface area contributed by atoms with Gasteiger partial charge in [-0.2, -0.15) is 5.10 Å². The molecule has 6 rings (SSSR count). The number of hydrogen-bond acceptors (Lipinski definition) is 7. The van der Waals surface area contributed by atoms with Crippen molar-refractivity contribution in [1.29, 1.82) is 0 Å². The monoisotopic (exact) mass is 483 g/mol. The van der Waals surface area contributed by atoms with Gasteiger partial charge in [-0.25, -0.2) is 17.1 Å². The summed E-state index contributed by atoms with van der Waals surface area (Å²) in [6, 6.07) is 21.7. The Hall–Kier alpha value is -4.77. The Balaban J connectivity index is 1.51. The Morgan fingerprint density at radius 2 is 1.71 bits per heavy atom. The number of nitrogens with two attached hydrogens (primary N) is 1. The fraction of sp³-hybridized carbons (Fsp3) is 0. The van der Waals surface area contributed by atoms with Gasteiger partial charge in [0.05, 0.1) is 33.4 Å². The highest BCUT2D eigenvalue weighted by Gasteiger charge is 2.29. The largest absolute Gasteiger partial charge is 0.383 e. The van der Waals surface area contributed by atoms with Crippen LogP contribution in [0, 0.1) is 0 Å². The molecule has 0 aliphatic carbocycles. The SMILES string of the molecule is Nc1c(C(=O)c2cc3ccccc3n2S(=O)(=O)c2ccccc2)cnn1-c1ccc2[nH]nnc2c1. The molecule has 0 fully saturated rings. The van der Waals surface area contributed by atoms with Gasteiger partial charge in [-0.1, -0.05) is 41.6 Å². The number of aromatic amines is 1. The molecular weight excluding hydrogens is 466 g/mol. The molecule has 35 heavy (non-hydrogen) atoms. The number of benzene rings is 3. The van der Waals surface area contributed by atoms with Crippen molar-refractivity contribution in [3.63, 3.8) is 0 Å². The molecule has 0 amide bonds. The molecule has 0 saturated heterocycles. The highest BCUT2D eigenvalue weighted by molar-refractivity contribution is 7.90. The number of para-hydroxylation sites is 1. The number of carbonyl (C=O) groups is 1. The quantitative estimate of drug-likeness (QED) is 0.359. The highest BCUT2D eigenvalue weighted by atomic mass is 32.2. The van der Waals surface area contributed by atoms with Crippen molar-refractivity contribution in [3.8, 4) is 5.69 Å². The van der Waals surface area contributed by atoms with E-state index in [9.17, 15) is 13.2 Å². The molecule has 0 aliphatic rings. The first-order chi connectivity index (χ1) is 16.9. The normalized spacial score (nSPS) is 11.9. The summed E-state index contributed by atoms with van der Waals surface area (Å²) in [7, 11) is -4.07. The Kier molecular flexibility index (Phi) is 4.54. The summed E-state index contributed by atoms with van der Waals surface area (Å²) < 4.78 is 29.7. The van der Waals surface area contributed by atoms with Gasteiger partial charge < -0.3 is 5.73 Å². The molecule has 0 spiro atoms. The first kappa shape index (κ1) is 20.8. The molecule has 6 aromatic rings. The fourth-order valence-corrected chi connectivity index (χ4v) is 5.61. The number of H-pyrrole nitrogens is 1. The molecule has 11 heteroatoms. The summed E-state index contributed by atoms with van der Waals surface area (Å²) in [5, 5.41) is 15.4. The molecule has 0 bridgehead atoms. The van der Waals surface area contributed by atoms with Gasteiger partial charge in [0, 0.05) is 5.39 Å². The number of fused-ring (bicyclic) bond motifs is 2. The van der Waals surface area contributed by atoms with Gasteiger partial charge in [0.1, 0.15) is 17.0 Å². The van der Waals surface area contributed by atoms with Crippen LogP contribution in [0.25, 0.3) is 27.6 Å². The maximum Gasteiger partial charge on any atom is 0.268 e. The van der Waals surface area contributed by atoms with Crippen LogP contribution >= 0.6 is 0 Å². The lowest BCUT2D eigenvalue weighted by Crippen LogP contribution is -2.19. The van der Waals surface area contributed by atoms with Crippen LogP contribution in [0.2, 0.25) is 0 Å². The molecular formula is C24H17N7O3S. The number of nitrogens with zero attached hydrogens (tertiary/aromatic N) is 5. The van der Waals surface area contributed by atoms with Crippen molar-refractivity contribution in [3.05, 3.63) is 96.3 Å². The molecule has 172 valence electrons. The summed E-state index contributed by atoms with van der Waals surface area (Å²) in [6.45, 7) is 0. The van der Waals surface area contributed by atoms with Crippen molar-refractivity contribution in [2.75, 3.05) is 5.73 Å². The second kappa shape index (κ2) is 7.64. The average molecular weight is 484 g/mol. The van der Waals surface area contributed by atoms with Crippen LogP contribution in [0.15, 0.2) is 90.0 Å². The lowest BCUT2D eigenvalue weighted by Gasteiger charge is -2.11. The lowest BCUT2D eigenvalue weighted by atomic mass is 10.1. The van der Waals surface area contributed by atoms with Gasteiger partial charge >= 0.3 is 0 Å². The van der Waals surface area contributed by atoms with Crippen LogP contribution in [0.3, 0.4) is 0 Å². The maximum absolute atomic E-state index is 13.7. The predicted molar refractivity (Wildman–Crippen MR) is 130 cm³/mol. The Labute approximate surface area is 198 Å². The zero-order valence-corrected chi connectivity index (χ0v) is 18.8. The van der Waals surface area contributed by atoms with Crippen LogP contribution in [-0.4, -0.2) is 43.4 Å². The van der Waals surface area contributed by atoms with Crippen molar-refractivity contribution in [1.82, 2.24) is 29.2 Å². The number of rotatable bonds is 5. The second-order valence-electron chi connectivity index (χ2n) is 7.87. The number of aromatic nitrogens is 6. The summed E-state index contributed by atoms with van der Waals surface area (Å²) >= 11 is 0. The van der Waals surface area contributed by atoms with Gasteiger partial charge in [-0.05, 0) is 42.5 Å². The number of ketones is 1. The van der Waals surface area contributed by atoms with E-state index in [0.29, 0.717) is 22.1 Å². The summed E-state index contributed by atoms with van der Waals surface area (Å²) in [5.41, 5.74) is 8.71. The van der Waals surface area contributed by atoms with E-state index in [0.717, 1.165) is 9.49 Å². The van der Waals surface area contributed by atoms with E-state index < -0.39 is 15.8 Å². The number of anilines is 1. The highest BCUT2D eigenvalue weighted by Crippen LogP contribution is 2.29. The van der Waals surface area contributed by atoms with Gasteiger partial charge in [0.2, 0.25) is 5.78 Å². The zero-order chi connectivity index (χ0) is 24.2. The summed E-state index contributed by atoms with van der Waals surface area (Å²) in [5.74, 6) is -0.487. The Morgan fingerprint density at radius 3 is 2.54 bits per heavy atom. The number of hydrogen-bond donors (Lipinski definition) is 2. The van der Waals surface area contributed by atoms with Gasteiger partial charge in [-0.15, -0.1) is 5.10 Å². The van der Waals surface area contributed by atoms with Gasteiger partial charge in [-0.3, -0.25) is 9.89 Å². The average Bonchev–Trinajstić information content (AvgIpc) is 3.60. The number of nitrogens with one attached hydrogen (secondary N) is 1. The molecule has 3 N–H and O–H groups in total. The van der Waals surface area contributed by atoms with E-state index in [-0.39, 0.29) is 22.0 Å². The molecule has 3 aromatic carbocycles. The first-order valence-corrected chi connectivity index (χ1v) is 12.0. The second-order valence-corrected chi connectivity index (χ2v) is 9.66. The molecule has 3 heterocycles. The van der Waals surface area contributed by atoms with Crippen molar-refractivity contribution < 1.29 is 13.2 Å². The standard InChI is InChI=1S/C24H17N7O3S/c25-24-18(14-26-30(24)16-10-11-19-20(13-16)28-29-27-19)23(32)22-12-15-6-4-5-9-21(15)31(22)35(33,34)17-7-2-1-3-8-17/h1-14H,25H2,(H,27,28,29). The number of nitrogen functional groups attached to an aromatic ring is 1. The molecule has 0 saturated carbocycles. The Bertz CT molecular complexity index is 1850. The third kappa shape index (κ3) is 3.21. The van der Waals surface area contributed by atoms with Gasteiger partial charge in [0.25, 0.3) is 10.0 Å². The smallest absolute Gasteiger partial charge is 0.268 e. The van der Waals surface area contributed by atoms with E-state index >= 15 is 0 Å². The van der Waals surface area contributed by atoms with E-state index in [1.165, 1.54) is 23.0 Å². The van der Waals surface area contributed by atoms with E-state index in [1.54, 1.807) is 66.7 Å². The summed E-state index contributed by atoms with van der Waals surface area (Å²) in [4.78, 5) is 13.8. The molecule has 10 nitrogen and oxygen atoms in total. The minimum atomic E-state index is -4.07. The molecule has 0 radical (unpaired) electrons. The third-order valence-corrected chi connectivity index (χ3v) is 7.53. The van der Waals surface area contributed by atoms with Crippen LogP contribution < -0.4 is 5.73 Å². The van der Waals surface area contributed by atoms with Crippen molar-refractivity contribution >= 4 is 43.6 Å². The van der Waals surface area contributed by atoms with Crippen LogP contribution in [0.4, 0.5) is 5.82 Å². The van der Waals surface area contributed by atoms with Crippen LogP contribution in [0.5, 0.6) is 0 Å². The van der Waals surface area contributed by atoms with Crippen LogP contribution in [0.1, 0.15) is 16.1 Å². The predicted octanol–water partition coefficient (Wildman–Crippen LogP) is 3.15. The lowest BCUT2D eigenvalue weighted by molar-refractivity contribution is 0.103. The van der Waals surface area contributed by atoms with Crippen molar-refractivity contribution in [2.24, 2.45) is 0 Å². The molecule has 0 unspecified atom stereocenters. The Morgan fingerprint density at radius 1 is 0.943 bits per heavy atom. The van der Waals surface area contributed by atoms with E-state index in [1.807, 2.05) is 0 Å². The topological polar surface area (TPSA) is 142 Å². The zero-order valence-electron chi connectivity index (χ0n) is 18.0. The summed E-state index contributed by atoms with van der Waals surface area (Å²) in [6.07, 6.45) is 1.34. The van der Waals surface area contributed by atoms with E-state index in [4.69, 9.17) is 5.73 Å². The number of carbonyl (C=O) groups excluding carboxylic acids is 1. The van der Waals surface area contributed by atoms with Crippen molar-refractivity contribution in [2.45, 2.75) is 4.90 Å². The first-order valence-electron chi connectivity index (χ1n) is 10.6. The van der Waals surface area contributed by atoms with E-state index in [2.05, 4.69) is 20.5 Å². The molecule has 0 atom stereocenters. The minimum Gasteiger partial charge on any atom is -0.383 e. The maximum atomic E-state index is 13.7.